The van der Waals surface area contributed by atoms with Gasteiger partial charge in [-0.3, -0.25) is 9.59 Å². The van der Waals surface area contributed by atoms with E-state index < -0.39 is 5.78 Å². The van der Waals surface area contributed by atoms with E-state index in [4.69, 9.17) is 25.8 Å². The van der Waals surface area contributed by atoms with Gasteiger partial charge < -0.3 is 14.2 Å². The third-order valence-electron chi connectivity index (χ3n) is 4.56. The van der Waals surface area contributed by atoms with Crippen LogP contribution in [-0.2, 0) is 6.42 Å². The van der Waals surface area contributed by atoms with Crippen LogP contribution in [0, 0.1) is 0 Å². The molecule has 0 saturated heterocycles. The van der Waals surface area contributed by atoms with Crippen molar-refractivity contribution in [2.75, 3.05) is 21.3 Å². The Kier molecular flexibility index (Phi) is 5.51. The molecule has 2 aromatic rings. The Labute approximate surface area is 162 Å². The molecule has 1 aliphatic rings. The van der Waals surface area contributed by atoms with E-state index in [1.807, 2.05) is 24.3 Å². The second kappa shape index (κ2) is 7.84. The van der Waals surface area contributed by atoms with Crippen LogP contribution in [0.2, 0.25) is 0 Å². The fraction of sp³-hybridized carbons (Fsp3) is 0.238. The lowest BCUT2D eigenvalue weighted by molar-refractivity contribution is 0.0975. The molecule has 0 spiro atoms. The predicted octanol–water partition coefficient (Wildman–Crippen LogP) is 4.22. The molecule has 0 aliphatic heterocycles. The van der Waals surface area contributed by atoms with Gasteiger partial charge in [-0.15, -0.1) is 0 Å². The molecule has 0 radical (unpaired) electrons. The summed E-state index contributed by atoms with van der Waals surface area (Å²) in [4.78, 5) is 25.8. The number of Topliss-reactive ketones (excluding diaryl/α,β-unsaturated/α-hetero) is 2. The van der Waals surface area contributed by atoms with E-state index >= 15 is 0 Å². The van der Waals surface area contributed by atoms with Crippen molar-refractivity contribution in [3.8, 4) is 17.2 Å². The van der Waals surface area contributed by atoms with Crippen LogP contribution < -0.4 is 14.2 Å². The third-order valence-corrected chi connectivity index (χ3v) is 4.96. The zero-order chi connectivity index (χ0) is 19.6. The Morgan fingerprint density at radius 1 is 0.815 bits per heavy atom. The van der Waals surface area contributed by atoms with Gasteiger partial charge in [-0.25, -0.2) is 0 Å². The molecular formula is C21H19ClO5. The van der Waals surface area contributed by atoms with Gasteiger partial charge in [0.2, 0.25) is 5.78 Å². The fourth-order valence-corrected chi connectivity index (χ4v) is 3.36. The van der Waals surface area contributed by atoms with E-state index in [-0.39, 0.29) is 21.9 Å². The summed E-state index contributed by atoms with van der Waals surface area (Å²) in [5.41, 5.74) is 1.75. The number of fused-ring (bicyclic) bond motifs is 1. The van der Waals surface area contributed by atoms with Crippen molar-refractivity contribution in [1.29, 1.82) is 0 Å². The quantitative estimate of drug-likeness (QED) is 0.743. The summed E-state index contributed by atoms with van der Waals surface area (Å²) >= 11 is 6.27. The van der Waals surface area contributed by atoms with Crippen LogP contribution in [0.5, 0.6) is 17.2 Å². The molecule has 140 valence electrons. The van der Waals surface area contributed by atoms with Crippen LogP contribution in [0.1, 0.15) is 32.7 Å². The molecule has 27 heavy (non-hydrogen) atoms. The summed E-state index contributed by atoms with van der Waals surface area (Å²) in [5.74, 6) is 0.801. The normalized spacial score (nSPS) is 13.5. The minimum Gasteiger partial charge on any atom is -0.497 e. The van der Waals surface area contributed by atoms with Crippen LogP contribution in [0.4, 0.5) is 0 Å². The number of halogens is 1. The van der Waals surface area contributed by atoms with Gasteiger partial charge in [0.1, 0.15) is 17.2 Å². The molecule has 3 rings (SSSR count). The molecule has 0 heterocycles. The van der Waals surface area contributed by atoms with Gasteiger partial charge in [0.15, 0.2) is 5.78 Å². The largest absolute Gasteiger partial charge is 0.497 e. The van der Waals surface area contributed by atoms with Crippen LogP contribution in [0.25, 0.3) is 0 Å². The molecule has 0 amide bonds. The van der Waals surface area contributed by atoms with Crippen LogP contribution in [-0.4, -0.2) is 32.9 Å². The lowest BCUT2D eigenvalue weighted by atomic mass is 9.86. The molecule has 0 aromatic heterocycles. The van der Waals surface area contributed by atoms with Gasteiger partial charge >= 0.3 is 0 Å². The molecule has 1 aliphatic carbocycles. The number of rotatable bonds is 6. The Bertz CT molecular complexity index is 928. The van der Waals surface area contributed by atoms with Crippen molar-refractivity contribution in [2.45, 2.75) is 12.8 Å². The molecule has 0 saturated carbocycles. The maximum atomic E-state index is 13.0. The van der Waals surface area contributed by atoms with E-state index in [0.29, 0.717) is 29.9 Å². The van der Waals surface area contributed by atoms with Crippen molar-refractivity contribution in [2.24, 2.45) is 0 Å². The minimum absolute atomic E-state index is 0.0451. The van der Waals surface area contributed by atoms with Gasteiger partial charge in [-0.1, -0.05) is 23.7 Å². The van der Waals surface area contributed by atoms with Crippen LogP contribution in [0.3, 0.4) is 0 Å². The van der Waals surface area contributed by atoms with Crippen LogP contribution >= 0.6 is 11.6 Å². The number of carbonyl (C=O) groups excluding carboxylic acids is 2. The molecule has 0 unspecified atom stereocenters. The SMILES string of the molecule is COc1ccc(CCC2=C(Cl)C(=O)c3cc(OC)cc(OC)c3C2=O)cc1. The van der Waals surface area contributed by atoms with E-state index in [9.17, 15) is 9.59 Å². The average molecular weight is 387 g/mol. The van der Waals surface area contributed by atoms with Crippen molar-refractivity contribution < 1.29 is 23.8 Å². The minimum atomic E-state index is -0.395. The molecule has 0 fully saturated rings. The number of benzene rings is 2. The topological polar surface area (TPSA) is 61.8 Å². The van der Waals surface area contributed by atoms with E-state index in [2.05, 4.69) is 0 Å². The first kappa shape index (κ1) is 19.0. The van der Waals surface area contributed by atoms with Crippen LogP contribution in [0.15, 0.2) is 47.0 Å². The molecule has 2 aromatic carbocycles. The summed E-state index contributed by atoms with van der Waals surface area (Å²) in [6.45, 7) is 0. The third kappa shape index (κ3) is 3.55. The molecule has 0 N–H and O–H groups in total. The van der Waals surface area contributed by atoms with Gasteiger partial charge in [-0.05, 0) is 36.6 Å². The zero-order valence-electron chi connectivity index (χ0n) is 15.3. The second-order valence-corrected chi connectivity index (χ2v) is 6.43. The highest BCUT2D eigenvalue weighted by Crippen LogP contribution is 2.38. The lowest BCUT2D eigenvalue weighted by Crippen LogP contribution is -2.21. The smallest absolute Gasteiger partial charge is 0.205 e. The number of ether oxygens (including phenoxy) is 3. The number of ketones is 2. The average Bonchev–Trinajstić information content (AvgIpc) is 2.71. The highest BCUT2D eigenvalue weighted by Gasteiger charge is 2.34. The Balaban J connectivity index is 1.93. The fourth-order valence-electron chi connectivity index (χ4n) is 3.07. The first-order valence-electron chi connectivity index (χ1n) is 8.37. The first-order valence-corrected chi connectivity index (χ1v) is 8.75. The first-order chi connectivity index (χ1) is 13.0. The monoisotopic (exact) mass is 386 g/mol. The number of methoxy groups -OCH3 is 3. The maximum absolute atomic E-state index is 13.0. The lowest BCUT2D eigenvalue weighted by Gasteiger charge is -2.21. The highest BCUT2D eigenvalue weighted by atomic mass is 35.5. The highest BCUT2D eigenvalue weighted by molar-refractivity contribution is 6.50. The predicted molar refractivity (Wildman–Crippen MR) is 102 cm³/mol. The maximum Gasteiger partial charge on any atom is 0.205 e. The van der Waals surface area contributed by atoms with Gasteiger partial charge in [-0.2, -0.15) is 0 Å². The summed E-state index contributed by atoms with van der Waals surface area (Å²) in [5, 5.41) is -0.0451. The molecule has 0 atom stereocenters. The number of allylic oxidation sites excluding steroid dienone is 2. The summed E-state index contributed by atoms with van der Waals surface area (Å²) in [6.07, 6.45) is 0.923. The zero-order valence-corrected chi connectivity index (χ0v) is 16.1. The molecule has 0 bridgehead atoms. The number of carbonyl (C=O) groups is 2. The molecule has 5 nitrogen and oxygen atoms in total. The van der Waals surface area contributed by atoms with E-state index in [1.54, 1.807) is 13.2 Å². The standard InChI is InChI=1S/C21H19ClO5/c1-25-13-7-4-12(5-8-13)6-9-15-19(22)21(24)16-10-14(26-2)11-17(27-3)18(16)20(15)23/h4-5,7-8,10-11H,6,9H2,1-3H3. The molecular weight excluding hydrogens is 368 g/mol. The van der Waals surface area contributed by atoms with E-state index in [1.165, 1.54) is 20.3 Å². The van der Waals surface area contributed by atoms with Gasteiger partial charge in [0.05, 0.1) is 31.9 Å². The number of hydrogen-bond acceptors (Lipinski definition) is 5. The van der Waals surface area contributed by atoms with Crippen molar-refractivity contribution >= 4 is 23.2 Å². The summed E-state index contributed by atoms with van der Waals surface area (Å²) in [6, 6.07) is 10.6. The number of aryl methyl sites for hydroxylation is 1. The summed E-state index contributed by atoms with van der Waals surface area (Å²) < 4.78 is 15.6. The van der Waals surface area contributed by atoms with Crippen molar-refractivity contribution in [1.82, 2.24) is 0 Å². The molecule has 6 heteroatoms. The Morgan fingerprint density at radius 3 is 2.07 bits per heavy atom. The Hall–Kier alpha value is -2.79. The van der Waals surface area contributed by atoms with Gasteiger partial charge in [0.25, 0.3) is 0 Å². The van der Waals surface area contributed by atoms with Gasteiger partial charge in [0, 0.05) is 17.2 Å². The van der Waals surface area contributed by atoms with E-state index in [0.717, 1.165) is 11.3 Å². The van der Waals surface area contributed by atoms with Crippen molar-refractivity contribution in [3.05, 3.63) is 63.7 Å². The number of hydrogen-bond donors (Lipinski definition) is 0. The second-order valence-electron chi connectivity index (χ2n) is 6.05. The Morgan fingerprint density at radius 2 is 1.48 bits per heavy atom. The van der Waals surface area contributed by atoms with Crippen molar-refractivity contribution in [3.63, 3.8) is 0 Å². The summed E-state index contributed by atoms with van der Waals surface area (Å²) in [7, 11) is 4.53.